The van der Waals surface area contributed by atoms with Gasteiger partial charge in [0.15, 0.2) is 23.2 Å². The maximum atomic E-state index is 14.9. The van der Waals surface area contributed by atoms with Crippen molar-refractivity contribution in [1.29, 1.82) is 0 Å². The van der Waals surface area contributed by atoms with Crippen LogP contribution in [0.1, 0.15) is 72.5 Å². The molecule has 3 aromatic carbocycles. The molecule has 0 heterocycles. The van der Waals surface area contributed by atoms with Crippen molar-refractivity contribution in [2.45, 2.75) is 57.2 Å². The average molecular weight is 543 g/mol. The highest BCUT2D eigenvalue weighted by molar-refractivity contribution is 5.90. The zero-order valence-electron chi connectivity index (χ0n) is 21.6. The van der Waals surface area contributed by atoms with Crippen LogP contribution in [0.15, 0.2) is 61.2 Å². The molecule has 1 N–H and O–H groups in total. The van der Waals surface area contributed by atoms with Crippen LogP contribution in [0.25, 0.3) is 11.1 Å². The van der Waals surface area contributed by atoms with E-state index in [0.717, 1.165) is 0 Å². The first-order chi connectivity index (χ1) is 18.7. The Kier molecular flexibility index (Phi) is 9.07. The minimum Gasteiger partial charge on any atom is -0.490 e. The van der Waals surface area contributed by atoms with E-state index in [0.29, 0.717) is 43.2 Å². The lowest BCUT2D eigenvalue weighted by Gasteiger charge is -2.29. The van der Waals surface area contributed by atoms with Gasteiger partial charge in [0.2, 0.25) is 5.82 Å². The van der Waals surface area contributed by atoms with Gasteiger partial charge in [0.05, 0.1) is 18.3 Å². The van der Waals surface area contributed by atoms with E-state index in [2.05, 4.69) is 6.58 Å². The van der Waals surface area contributed by atoms with Crippen molar-refractivity contribution in [2.75, 3.05) is 6.61 Å². The van der Waals surface area contributed by atoms with E-state index in [-0.39, 0.29) is 29.4 Å². The third-order valence-corrected chi connectivity index (χ3v) is 7.05. The van der Waals surface area contributed by atoms with Gasteiger partial charge in [-0.1, -0.05) is 42.5 Å². The lowest BCUT2D eigenvalue weighted by Crippen LogP contribution is -2.25. The van der Waals surface area contributed by atoms with E-state index in [1.165, 1.54) is 24.3 Å². The zero-order valence-corrected chi connectivity index (χ0v) is 21.6. The van der Waals surface area contributed by atoms with Crippen molar-refractivity contribution in [1.82, 2.24) is 0 Å². The highest BCUT2D eigenvalue weighted by Gasteiger charge is 2.30. The van der Waals surface area contributed by atoms with Crippen LogP contribution in [0.3, 0.4) is 0 Å². The number of carbonyl (C=O) groups is 1. The van der Waals surface area contributed by atoms with Crippen LogP contribution in [0.2, 0.25) is 0 Å². The number of rotatable bonds is 9. The average Bonchev–Trinajstić information content (AvgIpc) is 2.93. The molecule has 0 aliphatic heterocycles. The Hall–Kier alpha value is -3.65. The molecular formula is C31H30F4O4. The summed E-state index contributed by atoms with van der Waals surface area (Å²) in [5.41, 5.74) is 0.729. The Balaban J connectivity index is 1.38. The number of benzene rings is 3. The quantitative estimate of drug-likeness (QED) is 0.130. The molecule has 1 saturated carbocycles. The maximum absolute atomic E-state index is 14.9. The summed E-state index contributed by atoms with van der Waals surface area (Å²) < 4.78 is 69.6. The van der Waals surface area contributed by atoms with Gasteiger partial charge < -0.3 is 14.6 Å². The van der Waals surface area contributed by atoms with Crippen molar-refractivity contribution in [2.24, 2.45) is 0 Å². The van der Waals surface area contributed by atoms with Crippen molar-refractivity contribution in [3.63, 3.8) is 0 Å². The summed E-state index contributed by atoms with van der Waals surface area (Å²) in [6.45, 7) is 5.35. The summed E-state index contributed by atoms with van der Waals surface area (Å²) in [6.07, 6.45) is 2.48. The van der Waals surface area contributed by atoms with Gasteiger partial charge in [-0.2, -0.15) is 4.39 Å². The first kappa shape index (κ1) is 28.4. The normalized spacial score (nSPS) is 17.9. The fourth-order valence-corrected chi connectivity index (χ4v) is 4.80. The molecule has 1 unspecified atom stereocenters. The van der Waals surface area contributed by atoms with Crippen molar-refractivity contribution in [3.05, 3.63) is 101 Å². The summed E-state index contributed by atoms with van der Waals surface area (Å²) in [5.74, 6) is -5.88. The summed E-state index contributed by atoms with van der Waals surface area (Å²) in [6, 6.07) is 11.8. The smallest absolute Gasteiger partial charge is 0.341 e. The molecule has 1 fully saturated rings. The van der Waals surface area contributed by atoms with Crippen LogP contribution in [0.5, 0.6) is 5.75 Å². The Morgan fingerprint density at radius 1 is 0.949 bits per heavy atom. The van der Waals surface area contributed by atoms with Crippen molar-refractivity contribution >= 4 is 5.97 Å². The molecule has 1 aliphatic carbocycles. The molecule has 39 heavy (non-hydrogen) atoms. The maximum Gasteiger partial charge on any atom is 0.341 e. The SMILES string of the molecule is C=CCCOc1ccc(C2CCC(OC(=O)c3ccc(-c4ccc(C(C)O)cc4)c(F)c3F)CC2)c(F)c1F. The third kappa shape index (κ3) is 6.33. The fourth-order valence-electron chi connectivity index (χ4n) is 4.80. The minimum atomic E-state index is -1.31. The van der Waals surface area contributed by atoms with Crippen LogP contribution >= 0.6 is 0 Å². The summed E-state index contributed by atoms with van der Waals surface area (Å²) in [4.78, 5) is 12.7. The van der Waals surface area contributed by atoms with E-state index in [9.17, 15) is 27.5 Å². The highest BCUT2D eigenvalue weighted by Crippen LogP contribution is 2.38. The summed E-state index contributed by atoms with van der Waals surface area (Å²) in [7, 11) is 0. The van der Waals surface area contributed by atoms with Crippen LogP contribution in [-0.2, 0) is 4.74 Å². The number of halogens is 4. The topological polar surface area (TPSA) is 55.8 Å². The molecule has 3 aromatic rings. The molecule has 0 bridgehead atoms. The molecule has 1 aliphatic rings. The predicted octanol–water partition coefficient (Wildman–Crippen LogP) is 7.80. The van der Waals surface area contributed by atoms with Crippen LogP contribution < -0.4 is 4.74 Å². The Labute approximate surface area is 224 Å². The standard InChI is InChI=1S/C31H30F4O4/c1-3-4-17-38-26-16-15-24(28(33)30(26)35)21-9-11-22(12-10-21)39-31(37)25-14-13-23(27(32)29(25)34)20-7-5-19(6-8-20)18(2)36/h3,5-8,13-16,18,21-22,36H,1,4,9-12,17H2,2H3. The van der Waals surface area contributed by atoms with Crippen LogP contribution in [-0.4, -0.2) is 23.8 Å². The Morgan fingerprint density at radius 2 is 1.64 bits per heavy atom. The second-order valence-electron chi connectivity index (χ2n) is 9.67. The highest BCUT2D eigenvalue weighted by atomic mass is 19.2. The van der Waals surface area contributed by atoms with E-state index in [4.69, 9.17) is 9.47 Å². The number of ether oxygens (including phenoxy) is 2. The predicted molar refractivity (Wildman–Crippen MR) is 140 cm³/mol. The van der Waals surface area contributed by atoms with Gasteiger partial charge in [0.1, 0.15) is 6.10 Å². The molecule has 0 amide bonds. The minimum absolute atomic E-state index is 0.0203. The number of aliphatic hydroxyl groups excluding tert-OH is 1. The van der Waals surface area contributed by atoms with E-state index in [1.54, 1.807) is 37.3 Å². The van der Waals surface area contributed by atoms with Gasteiger partial charge in [-0.3, -0.25) is 0 Å². The molecule has 8 heteroatoms. The second-order valence-corrected chi connectivity index (χ2v) is 9.67. The zero-order chi connectivity index (χ0) is 28.1. The number of hydrogen-bond donors (Lipinski definition) is 1. The largest absolute Gasteiger partial charge is 0.490 e. The van der Waals surface area contributed by atoms with Gasteiger partial charge in [-0.15, -0.1) is 6.58 Å². The van der Waals surface area contributed by atoms with Crippen molar-refractivity contribution in [3.8, 4) is 16.9 Å². The van der Waals surface area contributed by atoms with Gasteiger partial charge in [-0.05, 0) is 73.8 Å². The first-order valence-corrected chi connectivity index (χ1v) is 12.9. The summed E-state index contributed by atoms with van der Waals surface area (Å²) in [5, 5.41) is 9.63. The molecule has 0 aromatic heterocycles. The number of aliphatic hydroxyl groups is 1. The molecule has 0 spiro atoms. The summed E-state index contributed by atoms with van der Waals surface area (Å²) >= 11 is 0. The van der Waals surface area contributed by atoms with Gasteiger partial charge in [0.25, 0.3) is 0 Å². The molecular weight excluding hydrogens is 512 g/mol. The lowest BCUT2D eigenvalue weighted by atomic mass is 9.82. The first-order valence-electron chi connectivity index (χ1n) is 12.9. The molecule has 1 atom stereocenters. The van der Waals surface area contributed by atoms with Gasteiger partial charge >= 0.3 is 5.97 Å². The monoisotopic (exact) mass is 542 g/mol. The molecule has 4 nitrogen and oxygen atoms in total. The van der Waals surface area contributed by atoms with Gasteiger partial charge in [0, 0.05) is 5.56 Å². The van der Waals surface area contributed by atoms with Crippen molar-refractivity contribution < 1.29 is 36.9 Å². The third-order valence-electron chi connectivity index (χ3n) is 7.05. The van der Waals surface area contributed by atoms with E-state index < -0.39 is 47.0 Å². The molecule has 4 rings (SSSR count). The van der Waals surface area contributed by atoms with Crippen LogP contribution in [0.4, 0.5) is 17.6 Å². The molecule has 0 saturated heterocycles. The molecule has 206 valence electrons. The number of esters is 1. The lowest BCUT2D eigenvalue weighted by molar-refractivity contribution is 0.0188. The fraction of sp³-hybridized carbons (Fsp3) is 0.323. The second kappa shape index (κ2) is 12.5. The number of carbonyl (C=O) groups excluding carboxylic acids is 1. The molecule has 0 radical (unpaired) electrons. The van der Waals surface area contributed by atoms with E-state index in [1.807, 2.05) is 0 Å². The van der Waals surface area contributed by atoms with E-state index >= 15 is 0 Å². The Morgan fingerprint density at radius 3 is 2.28 bits per heavy atom. The Bertz CT molecular complexity index is 1330. The van der Waals surface area contributed by atoms with Gasteiger partial charge in [-0.25, -0.2) is 18.0 Å². The number of hydrogen-bond acceptors (Lipinski definition) is 4. The van der Waals surface area contributed by atoms with Crippen LogP contribution in [0, 0.1) is 23.3 Å².